The molecule has 0 aromatic heterocycles. The SMILES string of the molecule is CC(C)C(=O)N1CC(N)CC(Cc2ccc(F)cc2)C1. The van der Waals surface area contributed by atoms with Gasteiger partial charge in [0.15, 0.2) is 0 Å². The van der Waals surface area contributed by atoms with Gasteiger partial charge in [-0.15, -0.1) is 0 Å². The number of halogens is 1. The summed E-state index contributed by atoms with van der Waals surface area (Å²) in [7, 11) is 0. The van der Waals surface area contributed by atoms with Gasteiger partial charge in [-0.25, -0.2) is 4.39 Å². The second kappa shape index (κ2) is 6.35. The monoisotopic (exact) mass is 278 g/mol. The highest BCUT2D eigenvalue weighted by Crippen LogP contribution is 2.22. The Hall–Kier alpha value is -1.42. The molecule has 1 aromatic carbocycles. The van der Waals surface area contributed by atoms with E-state index >= 15 is 0 Å². The van der Waals surface area contributed by atoms with Crippen molar-refractivity contribution in [2.24, 2.45) is 17.6 Å². The minimum absolute atomic E-state index is 0.00627. The van der Waals surface area contributed by atoms with Crippen LogP contribution in [0.1, 0.15) is 25.8 Å². The van der Waals surface area contributed by atoms with Gasteiger partial charge in [-0.3, -0.25) is 4.79 Å². The van der Waals surface area contributed by atoms with E-state index in [4.69, 9.17) is 5.73 Å². The molecule has 2 rings (SSSR count). The van der Waals surface area contributed by atoms with Crippen molar-refractivity contribution >= 4 is 5.91 Å². The Balaban J connectivity index is 2.01. The van der Waals surface area contributed by atoms with E-state index in [2.05, 4.69) is 0 Å². The lowest BCUT2D eigenvalue weighted by molar-refractivity contribution is -0.136. The maximum atomic E-state index is 12.9. The Kier molecular flexibility index (Phi) is 4.76. The van der Waals surface area contributed by atoms with Crippen molar-refractivity contribution in [3.05, 3.63) is 35.6 Å². The molecule has 0 aliphatic carbocycles. The average molecular weight is 278 g/mol. The molecule has 1 amide bonds. The van der Waals surface area contributed by atoms with Gasteiger partial charge in [0.05, 0.1) is 0 Å². The molecular weight excluding hydrogens is 255 g/mol. The van der Waals surface area contributed by atoms with Crippen LogP contribution in [0, 0.1) is 17.7 Å². The topological polar surface area (TPSA) is 46.3 Å². The molecule has 2 N–H and O–H groups in total. The minimum Gasteiger partial charge on any atom is -0.341 e. The highest BCUT2D eigenvalue weighted by atomic mass is 19.1. The fourth-order valence-corrected chi connectivity index (χ4v) is 2.89. The van der Waals surface area contributed by atoms with Crippen molar-refractivity contribution in [3.63, 3.8) is 0 Å². The van der Waals surface area contributed by atoms with Crippen LogP contribution in [-0.4, -0.2) is 29.9 Å². The number of carbonyl (C=O) groups is 1. The summed E-state index contributed by atoms with van der Waals surface area (Å²) in [5.41, 5.74) is 7.18. The molecule has 110 valence electrons. The summed E-state index contributed by atoms with van der Waals surface area (Å²) in [6.07, 6.45) is 1.76. The van der Waals surface area contributed by atoms with Crippen molar-refractivity contribution in [2.45, 2.75) is 32.7 Å². The van der Waals surface area contributed by atoms with E-state index in [1.807, 2.05) is 30.9 Å². The Labute approximate surface area is 120 Å². The number of amides is 1. The molecular formula is C16H23FN2O. The van der Waals surface area contributed by atoms with E-state index in [1.54, 1.807) is 0 Å². The summed E-state index contributed by atoms with van der Waals surface area (Å²) < 4.78 is 12.9. The third-order valence-electron chi connectivity index (χ3n) is 3.81. The third kappa shape index (κ3) is 3.79. The summed E-state index contributed by atoms with van der Waals surface area (Å²) in [6.45, 7) is 5.23. The number of benzene rings is 1. The van der Waals surface area contributed by atoms with Crippen LogP contribution < -0.4 is 5.73 Å². The molecule has 2 atom stereocenters. The normalized spacial score (nSPS) is 23.1. The maximum Gasteiger partial charge on any atom is 0.225 e. The number of likely N-dealkylation sites (tertiary alicyclic amines) is 1. The van der Waals surface area contributed by atoms with Crippen LogP contribution in [0.2, 0.25) is 0 Å². The van der Waals surface area contributed by atoms with Gasteiger partial charge in [-0.2, -0.15) is 0 Å². The Morgan fingerprint density at radius 1 is 1.35 bits per heavy atom. The molecule has 3 nitrogen and oxygen atoms in total. The van der Waals surface area contributed by atoms with Crippen LogP contribution in [-0.2, 0) is 11.2 Å². The van der Waals surface area contributed by atoms with Crippen molar-refractivity contribution in [1.82, 2.24) is 4.90 Å². The predicted octanol–water partition coefficient (Wildman–Crippen LogP) is 2.20. The Morgan fingerprint density at radius 2 is 2.00 bits per heavy atom. The Bertz CT molecular complexity index is 458. The summed E-state index contributed by atoms with van der Waals surface area (Å²) >= 11 is 0. The first-order valence-corrected chi connectivity index (χ1v) is 7.24. The van der Waals surface area contributed by atoms with Crippen LogP contribution in [0.4, 0.5) is 4.39 Å². The first kappa shape index (κ1) is 15.0. The third-order valence-corrected chi connectivity index (χ3v) is 3.81. The molecule has 0 saturated carbocycles. The first-order valence-electron chi connectivity index (χ1n) is 7.24. The van der Waals surface area contributed by atoms with Crippen LogP contribution in [0.25, 0.3) is 0 Å². The molecule has 0 bridgehead atoms. The molecule has 1 aromatic rings. The summed E-state index contributed by atoms with van der Waals surface area (Å²) in [6, 6.07) is 6.62. The zero-order valence-electron chi connectivity index (χ0n) is 12.2. The number of hydrogen-bond acceptors (Lipinski definition) is 2. The van der Waals surface area contributed by atoms with E-state index in [0.717, 1.165) is 24.9 Å². The van der Waals surface area contributed by atoms with Crippen molar-refractivity contribution < 1.29 is 9.18 Å². The molecule has 0 radical (unpaired) electrons. The molecule has 1 fully saturated rings. The fraction of sp³-hybridized carbons (Fsp3) is 0.562. The molecule has 4 heteroatoms. The van der Waals surface area contributed by atoms with Gasteiger partial charge in [0.2, 0.25) is 5.91 Å². The van der Waals surface area contributed by atoms with E-state index < -0.39 is 0 Å². The van der Waals surface area contributed by atoms with Gasteiger partial charge >= 0.3 is 0 Å². The predicted molar refractivity (Wildman–Crippen MR) is 77.6 cm³/mol. The number of carbonyl (C=O) groups excluding carboxylic acids is 1. The first-order chi connectivity index (χ1) is 9.45. The van der Waals surface area contributed by atoms with Crippen molar-refractivity contribution in [1.29, 1.82) is 0 Å². The van der Waals surface area contributed by atoms with Gasteiger partial charge in [-0.05, 0) is 36.5 Å². The molecule has 20 heavy (non-hydrogen) atoms. The maximum absolute atomic E-state index is 12.9. The van der Waals surface area contributed by atoms with Crippen molar-refractivity contribution in [2.75, 3.05) is 13.1 Å². The van der Waals surface area contributed by atoms with E-state index in [9.17, 15) is 9.18 Å². The fourth-order valence-electron chi connectivity index (χ4n) is 2.89. The largest absolute Gasteiger partial charge is 0.341 e. The van der Waals surface area contributed by atoms with Gasteiger partial charge in [0.1, 0.15) is 5.82 Å². The van der Waals surface area contributed by atoms with E-state index in [1.165, 1.54) is 12.1 Å². The second-order valence-electron chi connectivity index (χ2n) is 6.09. The zero-order valence-corrected chi connectivity index (χ0v) is 12.2. The van der Waals surface area contributed by atoms with Gasteiger partial charge in [0.25, 0.3) is 0 Å². The number of piperidine rings is 1. The molecule has 1 aliphatic heterocycles. The van der Waals surface area contributed by atoms with Gasteiger partial charge in [-0.1, -0.05) is 26.0 Å². The average Bonchev–Trinajstić information content (AvgIpc) is 2.40. The number of nitrogens with zero attached hydrogens (tertiary/aromatic N) is 1. The standard InChI is InChI=1S/C16H23FN2O/c1-11(2)16(20)19-9-13(8-15(18)10-19)7-12-3-5-14(17)6-4-12/h3-6,11,13,15H,7-10,18H2,1-2H3. The number of rotatable bonds is 3. The summed E-state index contributed by atoms with van der Waals surface area (Å²) in [5, 5.41) is 0. The lowest BCUT2D eigenvalue weighted by Crippen LogP contribution is -2.51. The van der Waals surface area contributed by atoms with Gasteiger partial charge in [0, 0.05) is 25.0 Å². The van der Waals surface area contributed by atoms with E-state index in [-0.39, 0.29) is 23.7 Å². The Morgan fingerprint density at radius 3 is 2.60 bits per heavy atom. The van der Waals surface area contributed by atoms with E-state index in [0.29, 0.717) is 12.5 Å². The van der Waals surface area contributed by atoms with Crippen molar-refractivity contribution in [3.8, 4) is 0 Å². The minimum atomic E-state index is -0.217. The summed E-state index contributed by atoms with van der Waals surface area (Å²) in [5.74, 6) is 0.314. The lowest BCUT2D eigenvalue weighted by Gasteiger charge is -2.37. The zero-order chi connectivity index (χ0) is 14.7. The molecule has 1 saturated heterocycles. The van der Waals surface area contributed by atoms with Crippen LogP contribution in [0.15, 0.2) is 24.3 Å². The summed E-state index contributed by atoms with van der Waals surface area (Å²) in [4.78, 5) is 14.0. The van der Waals surface area contributed by atoms with Crippen LogP contribution in [0.5, 0.6) is 0 Å². The lowest BCUT2D eigenvalue weighted by atomic mass is 9.88. The highest BCUT2D eigenvalue weighted by Gasteiger charge is 2.29. The highest BCUT2D eigenvalue weighted by molar-refractivity contribution is 5.78. The quantitative estimate of drug-likeness (QED) is 0.921. The smallest absolute Gasteiger partial charge is 0.225 e. The molecule has 2 unspecified atom stereocenters. The van der Waals surface area contributed by atoms with Crippen LogP contribution >= 0.6 is 0 Å². The molecule has 1 heterocycles. The van der Waals surface area contributed by atoms with Gasteiger partial charge < -0.3 is 10.6 Å². The number of nitrogens with two attached hydrogens (primary N) is 1. The molecule has 1 aliphatic rings. The van der Waals surface area contributed by atoms with Crippen LogP contribution in [0.3, 0.4) is 0 Å². The molecule has 0 spiro atoms. The number of hydrogen-bond donors (Lipinski definition) is 1. The second-order valence-corrected chi connectivity index (χ2v) is 6.09.